The number of fused-ring (bicyclic) bond motifs is 1. The zero-order chi connectivity index (χ0) is 13.9. The van der Waals surface area contributed by atoms with Gasteiger partial charge in [0.25, 0.3) is 11.8 Å². The smallest absolute Gasteiger partial charge is 0.253 e. The Labute approximate surface area is 118 Å². The summed E-state index contributed by atoms with van der Waals surface area (Å²) in [5.41, 5.74) is 4.14. The molecule has 0 fully saturated rings. The Morgan fingerprint density at radius 1 is 0.900 bits per heavy atom. The summed E-state index contributed by atoms with van der Waals surface area (Å²) in [5, 5.41) is 0. The summed E-state index contributed by atoms with van der Waals surface area (Å²) in [5.74, 6) is -0.351. The van der Waals surface area contributed by atoms with E-state index in [1.54, 1.807) is 0 Å². The van der Waals surface area contributed by atoms with Gasteiger partial charge in [-0.2, -0.15) is 0 Å². The SMILES string of the molecule is O=C1C=CC(=O)N1CCCCCC1=Cc2ccccc21. The molecule has 0 saturated heterocycles. The summed E-state index contributed by atoms with van der Waals surface area (Å²) >= 11 is 0. The largest absolute Gasteiger partial charge is 0.275 e. The Balaban J connectivity index is 1.36. The molecule has 1 aromatic rings. The van der Waals surface area contributed by atoms with Crippen LogP contribution in [0.1, 0.15) is 36.8 Å². The number of carbonyl (C=O) groups excluding carboxylic acids is 2. The van der Waals surface area contributed by atoms with Gasteiger partial charge in [-0.25, -0.2) is 0 Å². The van der Waals surface area contributed by atoms with Crippen LogP contribution in [0.2, 0.25) is 0 Å². The van der Waals surface area contributed by atoms with Gasteiger partial charge < -0.3 is 0 Å². The molecule has 2 aliphatic rings. The second-order valence-corrected chi connectivity index (χ2v) is 5.23. The van der Waals surface area contributed by atoms with Gasteiger partial charge in [0.05, 0.1) is 0 Å². The molecule has 1 aliphatic heterocycles. The van der Waals surface area contributed by atoms with Crippen LogP contribution >= 0.6 is 0 Å². The zero-order valence-corrected chi connectivity index (χ0v) is 11.3. The first-order valence-electron chi connectivity index (χ1n) is 7.09. The number of allylic oxidation sites excluding steroid dienone is 1. The van der Waals surface area contributed by atoms with Crippen LogP contribution in [0.5, 0.6) is 0 Å². The number of benzene rings is 1. The standard InChI is InChI=1S/C17H17NO2/c19-16-9-10-17(20)18(16)11-5-1-2-6-13-12-14-7-3-4-8-15(13)14/h3-4,7-10,12H,1-2,5-6,11H2. The predicted molar refractivity (Wildman–Crippen MR) is 78.6 cm³/mol. The molecule has 0 spiro atoms. The van der Waals surface area contributed by atoms with Gasteiger partial charge in [-0.05, 0) is 36.0 Å². The first kappa shape index (κ1) is 12.9. The Morgan fingerprint density at radius 2 is 1.65 bits per heavy atom. The third-order valence-electron chi connectivity index (χ3n) is 3.86. The van der Waals surface area contributed by atoms with Crippen LogP contribution in [0, 0.1) is 0 Å². The molecule has 2 amide bonds. The van der Waals surface area contributed by atoms with Gasteiger partial charge in [0.2, 0.25) is 0 Å². The fourth-order valence-electron chi connectivity index (χ4n) is 2.72. The number of carbonyl (C=O) groups is 2. The van der Waals surface area contributed by atoms with Crippen LogP contribution in [0.15, 0.2) is 36.4 Å². The molecule has 3 nitrogen and oxygen atoms in total. The van der Waals surface area contributed by atoms with Crippen molar-refractivity contribution < 1.29 is 9.59 Å². The van der Waals surface area contributed by atoms with Gasteiger partial charge >= 0.3 is 0 Å². The Kier molecular flexibility index (Phi) is 3.50. The molecule has 1 aromatic carbocycles. The molecule has 1 aliphatic carbocycles. The van der Waals surface area contributed by atoms with E-state index in [2.05, 4.69) is 30.3 Å². The quantitative estimate of drug-likeness (QED) is 0.587. The van der Waals surface area contributed by atoms with Crippen molar-refractivity contribution in [3.8, 4) is 0 Å². The maximum absolute atomic E-state index is 11.4. The molecule has 0 saturated carbocycles. The lowest BCUT2D eigenvalue weighted by atomic mass is 9.85. The third kappa shape index (κ3) is 2.44. The highest BCUT2D eigenvalue weighted by Gasteiger charge is 2.22. The molecule has 0 N–H and O–H groups in total. The molecular formula is C17H17NO2. The van der Waals surface area contributed by atoms with Crippen molar-refractivity contribution in [3.05, 3.63) is 47.5 Å². The summed E-state index contributed by atoms with van der Waals surface area (Å²) in [6.45, 7) is 0.542. The van der Waals surface area contributed by atoms with Crippen molar-refractivity contribution in [2.75, 3.05) is 6.54 Å². The molecule has 20 heavy (non-hydrogen) atoms. The van der Waals surface area contributed by atoms with Crippen molar-refractivity contribution in [1.29, 1.82) is 0 Å². The fourth-order valence-corrected chi connectivity index (χ4v) is 2.72. The minimum Gasteiger partial charge on any atom is -0.275 e. The average molecular weight is 267 g/mol. The van der Waals surface area contributed by atoms with Crippen LogP contribution in [0.4, 0.5) is 0 Å². The number of nitrogens with zero attached hydrogens (tertiary/aromatic N) is 1. The zero-order valence-electron chi connectivity index (χ0n) is 11.3. The van der Waals surface area contributed by atoms with Crippen molar-refractivity contribution in [2.24, 2.45) is 0 Å². The number of rotatable bonds is 6. The fraction of sp³-hybridized carbons (Fsp3) is 0.294. The summed E-state index contributed by atoms with van der Waals surface area (Å²) in [6.07, 6.45) is 9.04. The summed E-state index contributed by atoms with van der Waals surface area (Å²) < 4.78 is 0. The lowest BCUT2D eigenvalue weighted by molar-refractivity contribution is -0.136. The predicted octanol–water partition coefficient (Wildman–Crippen LogP) is 3.03. The first-order valence-corrected chi connectivity index (χ1v) is 7.09. The Bertz CT molecular complexity index is 595. The molecule has 0 unspecified atom stereocenters. The molecule has 102 valence electrons. The van der Waals surface area contributed by atoms with Crippen LogP contribution in [0.25, 0.3) is 11.6 Å². The highest BCUT2D eigenvalue weighted by Crippen LogP contribution is 2.35. The van der Waals surface area contributed by atoms with Crippen molar-refractivity contribution in [2.45, 2.75) is 25.7 Å². The van der Waals surface area contributed by atoms with Crippen molar-refractivity contribution >= 4 is 23.5 Å². The minimum absolute atomic E-state index is 0.175. The van der Waals surface area contributed by atoms with Crippen LogP contribution < -0.4 is 0 Å². The van der Waals surface area contributed by atoms with Crippen LogP contribution in [-0.4, -0.2) is 23.3 Å². The molecule has 3 heteroatoms. The van der Waals surface area contributed by atoms with Gasteiger partial charge in [-0.3, -0.25) is 14.5 Å². The first-order chi connectivity index (χ1) is 9.75. The number of amides is 2. The van der Waals surface area contributed by atoms with E-state index in [0.717, 1.165) is 25.7 Å². The number of imide groups is 1. The molecule has 0 bridgehead atoms. The lowest BCUT2D eigenvalue weighted by Crippen LogP contribution is -2.30. The molecule has 1 heterocycles. The molecule has 0 radical (unpaired) electrons. The lowest BCUT2D eigenvalue weighted by Gasteiger charge is -2.20. The van der Waals surface area contributed by atoms with E-state index in [4.69, 9.17) is 0 Å². The van der Waals surface area contributed by atoms with Crippen LogP contribution in [0.3, 0.4) is 0 Å². The average Bonchev–Trinajstić information content (AvgIpc) is 2.74. The van der Waals surface area contributed by atoms with E-state index in [1.165, 1.54) is 33.8 Å². The molecule has 3 rings (SSSR count). The van der Waals surface area contributed by atoms with Gasteiger partial charge in [0.15, 0.2) is 0 Å². The number of unbranched alkanes of at least 4 members (excludes halogenated alkanes) is 2. The Hall–Kier alpha value is -2.16. The van der Waals surface area contributed by atoms with Crippen LogP contribution in [-0.2, 0) is 9.59 Å². The van der Waals surface area contributed by atoms with E-state index in [0.29, 0.717) is 6.54 Å². The van der Waals surface area contributed by atoms with E-state index in [-0.39, 0.29) is 11.8 Å². The maximum Gasteiger partial charge on any atom is 0.253 e. The van der Waals surface area contributed by atoms with Gasteiger partial charge in [-0.1, -0.05) is 36.8 Å². The highest BCUT2D eigenvalue weighted by molar-refractivity contribution is 6.12. The van der Waals surface area contributed by atoms with Gasteiger partial charge in [0, 0.05) is 18.7 Å². The van der Waals surface area contributed by atoms with E-state index in [9.17, 15) is 9.59 Å². The summed E-state index contributed by atoms with van der Waals surface area (Å²) in [6, 6.07) is 8.43. The van der Waals surface area contributed by atoms with Crippen molar-refractivity contribution in [3.63, 3.8) is 0 Å². The van der Waals surface area contributed by atoms with E-state index in [1.807, 2.05) is 0 Å². The number of hydrogen-bond donors (Lipinski definition) is 0. The Morgan fingerprint density at radius 3 is 2.40 bits per heavy atom. The monoisotopic (exact) mass is 267 g/mol. The maximum atomic E-state index is 11.4. The molecule has 0 aromatic heterocycles. The van der Waals surface area contributed by atoms with Crippen molar-refractivity contribution in [1.82, 2.24) is 4.90 Å². The molecular weight excluding hydrogens is 250 g/mol. The summed E-state index contributed by atoms with van der Waals surface area (Å²) in [4.78, 5) is 24.0. The van der Waals surface area contributed by atoms with E-state index >= 15 is 0 Å². The van der Waals surface area contributed by atoms with Gasteiger partial charge in [-0.15, -0.1) is 0 Å². The highest BCUT2D eigenvalue weighted by atomic mass is 16.2. The molecule has 0 atom stereocenters. The van der Waals surface area contributed by atoms with Gasteiger partial charge in [0.1, 0.15) is 0 Å². The number of hydrogen-bond acceptors (Lipinski definition) is 2. The third-order valence-corrected chi connectivity index (χ3v) is 3.86. The second-order valence-electron chi connectivity index (χ2n) is 5.23. The second kappa shape index (κ2) is 5.45. The topological polar surface area (TPSA) is 37.4 Å². The minimum atomic E-state index is -0.175. The summed E-state index contributed by atoms with van der Waals surface area (Å²) in [7, 11) is 0. The normalized spacial score (nSPS) is 16.2. The van der Waals surface area contributed by atoms with E-state index < -0.39 is 0 Å².